The molecule has 2 heterocycles. The molecule has 18 heavy (non-hydrogen) atoms. The molecule has 0 amide bonds. The highest BCUT2D eigenvalue weighted by atomic mass is 16.6. The van der Waals surface area contributed by atoms with Crippen LogP contribution in [0.2, 0.25) is 0 Å². The zero-order chi connectivity index (χ0) is 13.3. The van der Waals surface area contributed by atoms with E-state index in [2.05, 4.69) is 15.4 Å². The van der Waals surface area contributed by atoms with Crippen molar-refractivity contribution in [2.24, 2.45) is 0 Å². The van der Waals surface area contributed by atoms with Crippen LogP contribution in [0, 0.1) is 6.92 Å². The maximum Gasteiger partial charge on any atom is 0.361 e. The maximum atomic E-state index is 11.9. The lowest BCUT2D eigenvalue weighted by molar-refractivity contribution is 0.00615. The summed E-state index contributed by atoms with van der Waals surface area (Å²) in [7, 11) is 0. The number of nitrogens with zero attached hydrogens (tertiary/aromatic N) is 4. The van der Waals surface area contributed by atoms with E-state index in [4.69, 9.17) is 9.26 Å². The quantitative estimate of drug-likeness (QED) is 0.751. The van der Waals surface area contributed by atoms with Crippen LogP contribution in [0.1, 0.15) is 37.0 Å². The molecule has 2 rings (SSSR count). The summed E-state index contributed by atoms with van der Waals surface area (Å²) in [4.78, 5) is 13.1. The van der Waals surface area contributed by atoms with Gasteiger partial charge in [-0.2, -0.15) is 0 Å². The van der Waals surface area contributed by atoms with Crippen molar-refractivity contribution in [3.63, 3.8) is 0 Å². The first kappa shape index (κ1) is 12.3. The number of carbonyl (C=O) groups excluding carboxylic acids is 1. The van der Waals surface area contributed by atoms with Crippen LogP contribution in [0.25, 0.3) is 5.88 Å². The average Bonchev–Trinajstić information content (AvgIpc) is 2.82. The van der Waals surface area contributed by atoms with E-state index in [1.54, 1.807) is 33.8 Å². The van der Waals surface area contributed by atoms with E-state index in [9.17, 15) is 4.79 Å². The molecule has 0 aliphatic carbocycles. The predicted octanol–water partition coefficient (Wildman–Crippen LogP) is 1.52. The SMILES string of the molecule is Cc1nn(-c2ccno2)nc1C(=O)OC(C)(C)C. The Kier molecular flexibility index (Phi) is 2.90. The standard InChI is InChI=1S/C11H14N4O3/c1-7-9(10(16)17-11(2,3)4)14-15(13-7)8-5-6-12-18-8/h5-6H,1-4H3. The molecular weight excluding hydrogens is 236 g/mol. The number of hydrogen-bond acceptors (Lipinski definition) is 6. The molecule has 0 atom stereocenters. The zero-order valence-electron chi connectivity index (χ0n) is 10.7. The molecule has 96 valence electrons. The Labute approximate surface area is 104 Å². The van der Waals surface area contributed by atoms with Gasteiger partial charge in [0.15, 0.2) is 5.69 Å². The summed E-state index contributed by atoms with van der Waals surface area (Å²) in [6.45, 7) is 7.06. The normalized spacial score (nSPS) is 11.6. The fourth-order valence-corrected chi connectivity index (χ4v) is 1.30. The fourth-order valence-electron chi connectivity index (χ4n) is 1.30. The van der Waals surface area contributed by atoms with Crippen LogP contribution >= 0.6 is 0 Å². The highest BCUT2D eigenvalue weighted by Crippen LogP contribution is 2.13. The second-order valence-corrected chi connectivity index (χ2v) is 4.78. The molecule has 0 spiro atoms. The summed E-state index contributed by atoms with van der Waals surface area (Å²) in [6.07, 6.45) is 1.47. The highest BCUT2D eigenvalue weighted by Gasteiger charge is 2.23. The molecule has 0 unspecified atom stereocenters. The molecule has 0 aromatic carbocycles. The summed E-state index contributed by atoms with van der Waals surface area (Å²) < 4.78 is 10.1. The molecule has 7 heteroatoms. The van der Waals surface area contributed by atoms with E-state index in [0.717, 1.165) is 0 Å². The van der Waals surface area contributed by atoms with Crippen molar-refractivity contribution in [2.75, 3.05) is 0 Å². The topological polar surface area (TPSA) is 83.0 Å². The number of rotatable bonds is 2. The van der Waals surface area contributed by atoms with Gasteiger partial charge in [-0.05, 0) is 27.7 Å². The highest BCUT2D eigenvalue weighted by molar-refractivity contribution is 5.88. The summed E-state index contributed by atoms with van der Waals surface area (Å²) in [5, 5.41) is 11.7. The van der Waals surface area contributed by atoms with Crippen LogP contribution in [0.5, 0.6) is 0 Å². The second kappa shape index (κ2) is 4.25. The Morgan fingerprint density at radius 1 is 1.39 bits per heavy atom. The van der Waals surface area contributed by atoms with Crippen LogP contribution in [-0.2, 0) is 4.74 Å². The molecule has 2 aromatic heterocycles. The molecule has 0 bridgehead atoms. The number of hydrogen-bond donors (Lipinski definition) is 0. The van der Waals surface area contributed by atoms with Crippen molar-refractivity contribution < 1.29 is 14.1 Å². The lowest BCUT2D eigenvalue weighted by Crippen LogP contribution is -2.24. The van der Waals surface area contributed by atoms with Gasteiger partial charge in [-0.3, -0.25) is 0 Å². The lowest BCUT2D eigenvalue weighted by atomic mass is 10.2. The Balaban J connectivity index is 2.27. The van der Waals surface area contributed by atoms with Crippen LogP contribution < -0.4 is 0 Å². The first-order valence-electron chi connectivity index (χ1n) is 5.45. The van der Waals surface area contributed by atoms with Crippen LogP contribution in [-0.4, -0.2) is 31.7 Å². The van der Waals surface area contributed by atoms with Gasteiger partial charge in [0, 0.05) is 6.07 Å². The third-order valence-electron chi connectivity index (χ3n) is 2.00. The number of ether oxygens (including phenoxy) is 1. The van der Waals surface area contributed by atoms with Gasteiger partial charge in [-0.15, -0.1) is 15.0 Å². The molecule has 0 saturated carbocycles. The third-order valence-corrected chi connectivity index (χ3v) is 2.00. The minimum Gasteiger partial charge on any atom is -0.455 e. The number of esters is 1. The van der Waals surface area contributed by atoms with Gasteiger partial charge in [-0.1, -0.05) is 5.16 Å². The lowest BCUT2D eigenvalue weighted by Gasteiger charge is -2.18. The first-order chi connectivity index (χ1) is 8.37. The minimum absolute atomic E-state index is 0.168. The van der Waals surface area contributed by atoms with Crippen molar-refractivity contribution in [1.29, 1.82) is 0 Å². The molecule has 7 nitrogen and oxygen atoms in total. The molecule has 0 aliphatic rings. The molecule has 0 N–H and O–H groups in total. The smallest absolute Gasteiger partial charge is 0.361 e. The largest absolute Gasteiger partial charge is 0.455 e. The zero-order valence-corrected chi connectivity index (χ0v) is 10.7. The van der Waals surface area contributed by atoms with E-state index >= 15 is 0 Å². The van der Waals surface area contributed by atoms with Crippen molar-refractivity contribution in [2.45, 2.75) is 33.3 Å². The summed E-state index contributed by atoms with van der Waals surface area (Å²) in [6, 6.07) is 1.60. The number of carbonyl (C=O) groups is 1. The third kappa shape index (κ3) is 2.55. The van der Waals surface area contributed by atoms with E-state index in [1.807, 2.05) is 0 Å². The van der Waals surface area contributed by atoms with E-state index in [-0.39, 0.29) is 5.69 Å². The number of aromatic nitrogens is 4. The first-order valence-corrected chi connectivity index (χ1v) is 5.45. The Morgan fingerprint density at radius 2 is 2.11 bits per heavy atom. The van der Waals surface area contributed by atoms with Crippen molar-refractivity contribution >= 4 is 5.97 Å². The van der Waals surface area contributed by atoms with Gasteiger partial charge < -0.3 is 9.26 Å². The van der Waals surface area contributed by atoms with Gasteiger partial charge in [-0.25, -0.2) is 4.79 Å². The second-order valence-electron chi connectivity index (χ2n) is 4.78. The molecule has 0 fully saturated rings. The van der Waals surface area contributed by atoms with Crippen molar-refractivity contribution in [3.8, 4) is 5.88 Å². The Morgan fingerprint density at radius 3 is 2.67 bits per heavy atom. The van der Waals surface area contributed by atoms with Crippen LogP contribution in [0.15, 0.2) is 16.8 Å². The van der Waals surface area contributed by atoms with Gasteiger partial charge in [0.25, 0.3) is 5.88 Å². The van der Waals surface area contributed by atoms with E-state index in [0.29, 0.717) is 11.6 Å². The summed E-state index contributed by atoms with van der Waals surface area (Å²) >= 11 is 0. The van der Waals surface area contributed by atoms with Crippen molar-refractivity contribution in [3.05, 3.63) is 23.7 Å². The fraction of sp³-hybridized carbons (Fsp3) is 0.455. The maximum absolute atomic E-state index is 11.9. The van der Waals surface area contributed by atoms with Crippen LogP contribution in [0.3, 0.4) is 0 Å². The Hall–Kier alpha value is -2.18. The van der Waals surface area contributed by atoms with Crippen molar-refractivity contribution in [1.82, 2.24) is 20.2 Å². The molecule has 0 aliphatic heterocycles. The summed E-state index contributed by atoms with van der Waals surface area (Å²) in [5.74, 6) is -0.168. The Bertz CT molecular complexity index is 551. The molecule has 2 aromatic rings. The van der Waals surface area contributed by atoms with Crippen LogP contribution in [0.4, 0.5) is 0 Å². The minimum atomic E-state index is -0.570. The molecular formula is C11H14N4O3. The van der Waals surface area contributed by atoms with Gasteiger partial charge in [0.2, 0.25) is 0 Å². The monoisotopic (exact) mass is 250 g/mol. The van der Waals surface area contributed by atoms with Gasteiger partial charge in [0.05, 0.1) is 11.9 Å². The summed E-state index contributed by atoms with van der Waals surface area (Å²) in [5.41, 5.74) is 0.0708. The average molecular weight is 250 g/mol. The van der Waals surface area contributed by atoms with E-state index < -0.39 is 11.6 Å². The van der Waals surface area contributed by atoms with Gasteiger partial charge in [0.1, 0.15) is 5.60 Å². The molecule has 0 saturated heterocycles. The van der Waals surface area contributed by atoms with E-state index in [1.165, 1.54) is 11.0 Å². The predicted molar refractivity (Wildman–Crippen MR) is 61.3 cm³/mol. The molecule has 0 radical (unpaired) electrons. The van der Waals surface area contributed by atoms with Gasteiger partial charge >= 0.3 is 5.97 Å². The number of aryl methyl sites for hydroxylation is 1.